The molecule has 4 nitrogen and oxygen atoms in total. The summed E-state index contributed by atoms with van der Waals surface area (Å²) in [5.74, 6) is 0.773. The monoisotopic (exact) mass is 440 g/mol. The Morgan fingerprint density at radius 3 is 2.75 bits per heavy atom. The molecule has 0 amide bonds. The van der Waals surface area contributed by atoms with Gasteiger partial charge in [-0.15, -0.1) is 0 Å². The van der Waals surface area contributed by atoms with E-state index in [4.69, 9.17) is 0 Å². The lowest BCUT2D eigenvalue weighted by atomic mass is 10.0. The van der Waals surface area contributed by atoms with Crippen LogP contribution in [0.15, 0.2) is 79.5 Å². The minimum Gasteiger partial charge on any atom is -0.340 e. The van der Waals surface area contributed by atoms with Crippen molar-refractivity contribution in [3.63, 3.8) is 0 Å². The second kappa shape index (κ2) is 9.98. The van der Waals surface area contributed by atoms with Gasteiger partial charge in [-0.25, -0.2) is 4.98 Å². The highest BCUT2D eigenvalue weighted by Crippen LogP contribution is 2.31. The van der Waals surface area contributed by atoms with E-state index in [2.05, 4.69) is 82.9 Å². The highest BCUT2D eigenvalue weighted by atomic mass is 32.2. The van der Waals surface area contributed by atoms with E-state index in [-0.39, 0.29) is 0 Å². The number of hydrogen-bond acceptors (Lipinski definition) is 5. The van der Waals surface area contributed by atoms with Gasteiger partial charge < -0.3 is 10.2 Å². The van der Waals surface area contributed by atoms with Crippen molar-refractivity contribution in [2.24, 2.45) is 0 Å². The van der Waals surface area contributed by atoms with Crippen LogP contribution in [0.2, 0.25) is 0 Å². The number of fused-ring (bicyclic) bond motifs is 1. The van der Waals surface area contributed by atoms with Gasteiger partial charge in [-0.3, -0.25) is 4.98 Å². The second-order valence-electron chi connectivity index (χ2n) is 7.84. The Hall–Kier alpha value is -3.15. The van der Waals surface area contributed by atoms with Crippen LogP contribution in [-0.4, -0.2) is 35.0 Å². The van der Waals surface area contributed by atoms with Crippen LogP contribution in [0.4, 0.5) is 5.82 Å². The lowest BCUT2D eigenvalue weighted by Crippen LogP contribution is -2.23. The fourth-order valence-corrected chi connectivity index (χ4v) is 4.36. The molecule has 3 aromatic rings. The molecule has 1 aromatic carbocycles. The number of thioether (sulfide) groups is 1. The van der Waals surface area contributed by atoms with Gasteiger partial charge in [0.05, 0.1) is 5.69 Å². The number of pyridine rings is 2. The third kappa shape index (κ3) is 5.01. The van der Waals surface area contributed by atoms with Crippen LogP contribution in [-0.2, 0) is 0 Å². The van der Waals surface area contributed by atoms with Crippen molar-refractivity contribution in [1.82, 2.24) is 14.9 Å². The molecular weight excluding hydrogens is 412 g/mol. The van der Waals surface area contributed by atoms with Gasteiger partial charge in [-0.1, -0.05) is 49.2 Å². The molecule has 1 aliphatic rings. The first-order valence-corrected chi connectivity index (χ1v) is 11.6. The maximum Gasteiger partial charge on any atom is 0.130 e. The SMILES string of the molecule is C=CS/C(=C\C)c1ccc2cnc(NC(=C)c3ccnc(C4=CCN(C)CC4)c3)cc2c1. The molecule has 0 atom stereocenters. The van der Waals surface area contributed by atoms with E-state index < -0.39 is 0 Å². The molecule has 0 saturated heterocycles. The zero-order valence-corrected chi connectivity index (χ0v) is 19.5. The number of aromatic nitrogens is 2. The van der Waals surface area contributed by atoms with Crippen molar-refractivity contribution in [3.05, 3.63) is 96.3 Å². The fourth-order valence-electron chi connectivity index (χ4n) is 3.78. The summed E-state index contributed by atoms with van der Waals surface area (Å²) in [6.07, 6.45) is 9.13. The molecule has 2 aromatic heterocycles. The summed E-state index contributed by atoms with van der Waals surface area (Å²) in [5, 5.41) is 7.46. The maximum absolute atomic E-state index is 4.58. The first kappa shape index (κ1) is 22.1. The lowest BCUT2D eigenvalue weighted by Gasteiger charge is -2.21. The molecule has 5 heteroatoms. The number of allylic oxidation sites excluding steroid dienone is 1. The van der Waals surface area contributed by atoms with Crippen molar-refractivity contribution in [2.45, 2.75) is 13.3 Å². The zero-order chi connectivity index (χ0) is 22.5. The Kier molecular flexibility index (Phi) is 6.88. The van der Waals surface area contributed by atoms with Gasteiger partial charge in [0.2, 0.25) is 0 Å². The summed E-state index contributed by atoms with van der Waals surface area (Å²) in [7, 11) is 2.14. The average Bonchev–Trinajstić information content (AvgIpc) is 2.82. The number of benzene rings is 1. The van der Waals surface area contributed by atoms with Crippen LogP contribution in [0, 0.1) is 0 Å². The van der Waals surface area contributed by atoms with Crippen LogP contribution in [0.25, 0.3) is 26.9 Å². The first-order chi connectivity index (χ1) is 15.6. The molecule has 0 saturated carbocycles. The molecule has 0 aliphatic carbocycles. The van der Waals surface area contributed by atoms with Crippen molar-refractivity contribution in [1.29, 1.82) is 0 Å². The summed E-state index contributed by atoms with van der Waals surface area (Å²) in [4.78, 5) is 12.7. The molecule has 4 rings (SSSR count). The number of anilines is 1. The number of hydrogen-bond donors (Lipinski definition) is 1. The summed E-state index contributed by atoms with van der Waals surface area (Å²) in [6, 6.07) is 12.6. The van der Waals surface area contributed by atoms with Gasteiger partial charge in [0.15, 0.2) is 0 Å². The van der Waals surface area contributed by atoms with Gasteiger partial charge >= 0.3 is 0 Å². The van der Waals surface area contributed by atoms with E-state index in [0.717, 1.165) is 53.1 Å². The van der Waals surface area contributed by atoms with Crippen LogP contribution in [0.3, 0.4) is 0 Å². The van der Waals surface area contributed by atoms with Crippen LogP contribution >= 0.6 is 11.8 Å². The lowest BCUT2D eigenvalue weighted by molar-refractivity contribution is 0.370. The zero-order valence-electron chi connectivity index (χ0n) is 18.6. The van der Waals surface area contributed by atoms with Crippen molar-refractivity contribution < 1.29 is 0 Å². The summed E-state index contributed by atoms with van der Waals surface area (Å²) in [6.45, 7) is 12.1. The van der Waals surface area contributed by atoms with Gasteiger partial charge in [0.1, 0.15) is 5.82 Å². The fraction of sp³-hybridized carbons (Fsp3) is 0.185. The third-order valence-electron chi connectivity index (χ3n) is 5.61. The molecule has 0 radical (unpaired) electrons. The molecule has 0 fully saturated rings. The Bertz CT molecular complexity index is 1230. The van der Waals surface area contributed by atoms with Gasteiger partial charge in [0, 0.05) is 47.0 Å². The maximum atomic E-state index is 4.58. The predicted octanol–water partition coefficient (Wildman–Crippen LogP) is 6.67. The number of nitrogens with one attached hydrogen (secondary N) is 1. The topological polar surface area (TPSA) is 41.1 Å². The van der Waals surface area contributed by atoms with Crippen molar-refractivity contribution in [3.8, 4) is 0 Å². The molecule has 162 valence electrons. The molecule has 1 aliphatic heterocycles. The highest BCUT2D eigenvalue weighted by molar-refractivity contribution is 8.10. The molecule has 3 heterocycles. The minimum absolute atomic E-state index is 0.773. The van der Waals surface area contributed by atoms with E-state index in [1.54, 1.807) is 11.8 Å². The highest BCUT2D eigenvalue weighted by Gasteiger charge is 2.12. The summed E-state index contributed by atoms with van der Waals surface area (Å²) < 4.78 is 0. The Morgan fingerprint density at radius 1 is 1.12 bits per heavy atom. The van der Waals surface area contributed by atoms with E-state index in [9.17, 15) is 0 Å². The summed E-state index contributed by atoms with van der Waals surface area (Å²) >= 11 is 1.63. The van der Waals surface area contributed by atoms with Gasteiger partial charge in [0.25, 0.3) is 0 Å². The molecule has 0 bridgehead atoms. The van der Waals surface area contributed by atoms with Crippen LogP contribution in [0.5, 0.6) is 0 Å². The average molecular weight is 441 g/mol. The normalized spacial score (nSPS) is 14.8. The Morgan fingerprint density at radius 2 is 2.00 bits per heavy atom. The van der Waals surface area contributed by atoms with E-state index in [0.29, 0.717) is 0 Å². The van der Waals surface area contributed by atoms with Gasteiger partial charge in [-0.2, -0.15) is 0 Å². The molecule has 0 spiro atoms. The number of likely N-dealkylation sites (N-methyl/N-ethyl adjacent to an activating group) is 1. The smallest absolute Gasteiger partial charge is 0.130 e. The Labute approximate surface area is 194 Å². The van der Waals surface area contributed by atoms with Crippen LogP contribution < -0.4 is 5.32 Å². The minimum atomic E-state index is 0.773. The molecular formula is C27H28N4S. The molecule has 32 heavy (non-hydrogen) atoms. The van der Waals surface area contributed by atoms with E-state index in [1.165, 1.54) is 16.0 Å². The first-order valence-electron chi connectivity index (χ1n) is 10.7. The largest absolute Gasteiger partial charge is 0.340 e. The molecule has 0 unspecified atom stereocenters. The second-order valence-corrected chi connectivity index (χ2v) is 8.85. The summed E-state index contributed by atoms with van der Waals surface area (Å²) in [5.41, 5.74) is 5.32. The molecule has 1 N–H and O–H groups in total. The quantitative estimate of drug-likeness (QED) is 0.444. The standard InChI is InChI=1S/C27H28N4S/c1-5-26(32-6-2)22-7-8-23-18-29-27(17-24(23)15-22)30-19(3)21-9-12-28-25(16-21)20-10-13-31(4)14-11-20/h5-10,12,15-18H,2-3,11,13-14H2,1,4H3,(H,29,30)/b26-5-. The van der Waals surface area contributed by atoms with E-state index >= 15 is 0 Å². The Balaban J connectivity index is 1.56. The van der Waals surface area contributed by atoms with Crippen molar-refractivity contribution >= 4 is 44.5 Å². The van der Waals surface area contributed by atoms with Gasteiger partial charge in [-0.05, 0) is 66.6 Å². The predicted molar refractivity (Wildman–Crippen MR) is 140 cm³/mol. The number of nitrogens with zero attached hydrogens (tertiary/aromatic N) is 3. The third-order valence-corrected chi connectivity index (χ3v) is 6.50. The van der Waals surface area contributed by atoms with Crippen LogP contribution in [0.1, 0.15) is 30.2 Å². The number of rotatable bonds is 7. The van der Waals surface area contributed by atoms with Crippen molar-refractivity contribution in [2.75, 3.05) is 25.5 Å². The van der Waals surface area contributed by atoms with E-state index in [1.807, 2.05) is 30.8 Å².